The lowest BCUT2D eigenvalue weighted by Gasteiger charge is -2.33. The smallest absolute Gasteiger partial charge is 0.132 e. The molecule has 2 fully saturated rings. The summed E-state index contributed by atoms with van der Waals surface area (Å²) in [6, 6.07) is 8.18. The van der Waals surface area contributed by atoms with E-state index in [2.05, 4.69) is 28.7 Å². The van der Waals surface area contributed by atoms with Gasteiger partial charge in [0.05, 0.1) is 15.3 Å². The molecule has 0 bridgehead atoms. The number of hydrogen-bond donors (Lipinski definition) is 0. The van der Waals surface area contributed by atoms with E-state index in [4.69, 9.17) is 9.47 Å². The van der Waals surface area contributed by atoms with Crippen LogP contribution in [0.15, 0.2) is 24.3 Å². The Balaban J connectivity index is 1.53. The molecule has 0 aromatic heterocycles. The van der Waals surface area contributed by atoms with Gasteiger partial charge < -0.3 is 9.47 Å². The molecule has 19 heavy (non-hydrogen) atoms. The highest BCUT2D eigenvalue weighted by atomic mass is 127. The zero-order valence-electron chi connectivity index (χ0n) is 11.2. The van der Waals surface area contributed by atoms with Gasteiger partial charge in [-0.25, -0.2) is 0 Å². The van der Waals surface area contributed by atoms with Crippen molar-refractivity contribution in [1.29, 1.82) is 0 Å². The first kappa shape index (κ1) is 13.7. The molecule has 0 amide bonds. The summed E-state index contributed by atoms with van der Waals surface area (Å²) in [5, 5.41) is 0. The van der Waals surface area contributed by atoms with Gasteiger partial charge in [-0.2, -0.15) is 0 Å². The fourth-order valence-electron chi connectivity index (χ4n) is 3.32. The molecule has 1 aromatic carbocycles. The Morgan fingerprint density at radius 1 is 1.16 bits per heavy atom. The van der Waals surface area contributed by atoms with Gasteiger partial charge in [-0.1, -0.05) is 31.4 Å². The molecule has 2 nitrogen and oxygen atoms in total. The third kappa shape index (κ3) is 3.24. The molecule has 0 N–H and O–H groups in total. The highest BCUT2D eigenvalue weighted by Gasteiger charge is 2.40. The molecule has 3 heteroatoms. The molecular weight excluding hydrogens is 351 g/mol. The van der Waals surface area contributed by atoms with E-state index in [-0.39, 0.29) is 11.7 Å². The van der Waals surface area contributed by atoms with Crippen LogP contribution in [0.1, 0.15) is 44.9 Å². The third-order valence-electron chi connectivity index (χ3n) is 4.36. The summed E-state index contributed by atoms with van der Waals surface area (Å²) in [6.07, 6.45) is 9.24. The van der Waals surface area contributed by atoms with Crippen LogP contribution < -0.4 is 4.74 Å². The van der Waals surface area contributed by atoms with Crippen LogP contribution in [0, 0.1) is 3.57 Å². The molecule has 1 heterocycles. The Hall–Kier alpha value is -0.290. The van der Waals surface area contributed by atoms with Gasteiger partial charge in [-0.05, 0) is 60.4 Å². The van der Waals surface area contributed by atoms with E-state index < -0.39 is 0 Å². The SMILES string of the molecule is Ic1ccccc1OCC1CCC2(CCCCC2)O1. The second kappa shape index (κ2) is 6.00. The molecule has 1 aliphatic carbocycles. The highest BCUT2D eigenvalue weighted by molar-refractivity contribution is 14.1. The van der Waals surface area contributed by atoms with Crippen molar-refractivity contribution >= 4 is 22.6 Å². The van der Waals surface area contributed by atoms with Crippen molar-refractivity contribution in [1.82, 2.24) is 0 Å². The minimum Gasteiger partial charge on any atom is -0.490 e. The Morgan fingerprint density at radius 2 is 1.95 bits per heavy atom. The van der Waals surface area contributed by atoms with Gasteiger partial charge in [0.2, 0.25) is 0 Å². The van der Waals surface area contributed by atoms with Crippen LogP contribution in [0.4, 0.5) is 0 Å². The molecule has 1 saturated carbocycles. The molecule has 1 aromatic rings. The fraction of sp³-hybridized carbons (Fsp3) is 0.625. The molecule has 0 radical (unpaired) electrons. The molecule has 1 saturated heterocycles. The van der Waals surface area contributed by atoms with E-state index in [9.17, 15) is 0 Å². The van der Waals surface area contributed by atoms with Gasteiger partial charge in [0, 0.05) is 0 Å². The third-order valence-corrected chi connectivity index (χ3v) is 5.26. The number of rotatable bonds is 3. The van der Waals surface area contributed by atoms with Crippen LogP contribution in [0.2, 0.25) is 0 Å². The van der Waals surface area contributed by atoms with E-state index in [1.165, 1.54) is 42.1 Å². The van der Waals surface area contributed by atoms with E-state index >= 15 is 0 Å². The Morgan fingerprint density at radius 3 is 2.74 bits per heavy atom. The second-order valence-corrected chi connectivity index (χ2v) is 6.93. The van der Waals surface area contributed by atoms with Crippen LogP contribution in [-0.2, 0) is 4.74 Å². The van der Waals surface area contributed by atoms with Gasteiger partial charge in [0.25, 0.3) is 0 Å². The summed E-state index contributed by atoms with van der Waals surface area (Å²) >= 11 is 2.32. The molecule has 1 atom stereocenters. The minimum absolute atomic E-state index is 0.204. The predicted molar refractivity (Wildman–Crippen MR) is 84.6 cm³/mol. The van der Waals surface area contributed by atoms with Crippen molar-refractivity contribution < 1.29 is 9.47 Å². The van der Waals surface area contributed by atoms with E-state index in [1.807, 2.05) is 18.2 Å². The number of ether oxygens (including phenoxy) is 2. The van der Waals surface area contributed by atoms with Gasteiger partial charge in [-0.15, -0.1) is 0 Å². The molecular formula is C16H21IO2. The molecule has 3 rings (SSSR count). The summed E-state index contributed by atoms with van der Waals surface area (Å²) in [5.74, 6) is 0.983. The molecule has 1 unspecified atom stereocenters. The largest absolute Gasteiger partial charge is 0.490 e. The van der Waals surface area contributed by atoms with Crippen molar-refractivity contribution in [3.8, 4) is 5.75 Å². The van der Waals surface area contributed by atoms with Gasteiger partial charge in [0.1, 0.15) is 12.4 Å². The topological polar surface area (TPSA) is 18.5 Å². The summed E-state index contributed by atoms with van der Waals surface area (Å²) in [6.45, 7) is 0.696. The lowest BCUT2D eigenvalue weighted by atomic mass is 9.83. The maximum absolute atomic E-state index is 6.32. The maximum atomic E-state index is 6.32. The predicted octanol–water partition coefficient (Wildman–Crippen LogP) is 4.55. The van der Waals surface area contributed by atoms with Crippen molar-refractivity contribution in [2.45, 2.75) is 56.7 Å². The molecule has 1 aliphatic heterocycles. The lowest BCUT2D eigenvalue weighted by Crippen LogP contribution is -2.32. The van der Waals surface area contributed by atoms with Crippen molar-refractivity contribution in [2.75, 3.05) is 6.61 Å². The number of benzene rings is 1. The van der Waals surface area contributed by atoms with E-state index in [1.54, 1.807) is 0 Å². The zero-order chi connectivity index (χ0) is 13.1. The van der Waals surface area contributed by atoms with Gasteiger partial charge >= 0.3 is 0 Å². The summed E-state index contributed by atoms with van der Waals surface area (Å²) in [4.78, 5) is 0. The zero-order valence-corrected chi connectivity index (χ0v) is 13.4. The van der Waals surface area contributed by atoms with E-state index in [0.29, 0.717) is 6.61 Å². The Kier molecular flexibility index (Phi) is 4.32. The van der Waals surface area contributed by atoms with Gasteiger partial charge in [0.15, 0.2) is 0 Å². The number of halogens is 1. The number of hydrogen-bond acceptors (Lipinski definition) is 2. The van der Waals surface area contributed by atoms with Crippen molar-refractivity contribution in [3.63, 3.8) is 0 Å². The van der Waals surface area contributed by atoms with Crippen molar-refractivity contribution in [3.05, 3.63) is 27.8 Å². The average molecular weight is 372 g/mol. The first-order valence-corrected chi connectivity index (χ1v) is 8.40. The summed E-state index contributed by atoms with van der Waals surface area (Å²) in [5.41, 5.74) is 0.204. The maximum Gasteiger partial charge on any atom is 0.132 e. The standard InChI is InChI=1S/C16H21IO2/c17-14-6-2-3-7-15(14)18-12-13-8-11-16(19-13)9-4-1-5-10-16/h2-3,6-7,13H,1,4-5,8-12H2. The molecule has 2 aliphatic rings. The minimum atomic E-state index is 0.204. The van der Waals surface area contributed by atoms with Crippen LogP contribution >= 0.6 is 22.6 Å². The summed E-state index contributed by atoms with van der Waals surface area (Å²) in [7, 11) is 0. The van der Waals surface area contributed by atoms with Crippen LogP contribution in [0.3, 0.4) is 0 Å². The van der Waals surface area contributed by atoms with Crippen LogP contribution in [0.25, 0.3) is 0 Å². The Labute approximate surface area is 129 Å². The first-order chi connectivity index (χ1) is 9.27. The average Bonchev–Trinajstić information content (AvgIpc) is 2.82. The number of para-hydroxylation sites is 1. The first-order valence-electron chi connectivity index (χ1n) is 7.33. The quantitative estimate of drug-likeness (QED) is 0.725. The fourth-order valence-corrected chi connectivity index (χ4v) is 3.86. The lowest BCUT2D eigenvalue weighted by molar-refractivity contribution is -0.0749. The van der Waals surface area contributed by atoms with Crippen LogP contribution in [0.5, 0.6) is 5.75 Å². The monoisotopic (exact) mass is 372 g/mol. The molecule has 1 spiro atoms. The van der Waals surface area contributed by atoms with Crippen molar-refractivity contribution in [2.24, 2.45) is 0 Å². The van der Waals surface area contributed by atoms with E-state index in [0.717, 1.165) is 12.2 Å². The van der Waals surface area contributed by atoms with Crippen LogP contribution in [-0.4, -0.2) is 18.3 Å². The van der Waals surface area contributed by atoms with Gasteiger partial charge in [-0.3, -0.25) is 0 Å². The summed E-state index contributed by atoms with van der Waals surface area (Å²) < 4.78 is 13.4. The second-order valence-electron chi connectivity index (χ2n) is 5.76. The Bertz CT molecular complexity index is 427. The highest BCUT2D eigenvalue weighted by Crippen LogP contribution is 2.42. The normalized spacial score (nSPS) is 25.6. The molecule has 104 valence electrons.